The molecule has 14 heteroatoms. The lowest BCUT2D eigenvalue weighted by molar-refractivity contribution is 0.0238. The number of ether oxygens (including phenoxy) is 2. The average molecular weight is 1240 g/mol. The second-order valence-electron chi connectivity index (χ2n) is 26.9. The van der Waals surface area contributed by atoms with Gasteiger partial charge in [0.25, 0.3) is 0 Å². The van der Waals surface area contributed by atoms with Crippen LogP contribution in [0.4, 0.5) is 5.69 Å². The highest BCUT2D eigenvalue weighted by molar-refractivity contribution is 5.78. The molecule has 14 rings (SSSR count). The van der Waals surface area contributed by atoms with Crippen molar-refractivity contribution in [2.24, 2.45) is 0 Å². The van der Waals surface area contributed by atoms with Crippen LogP contribution >= 0.6 is 0 Å². The minimum Gasteiger partial charge on any atom is -0.379 e. The van der Waals surface area contributed by atoms with Crippen molar-refractivity contribution in [2.75, 3.05) is 63.9 Å². The molecule has 0 atom stereocenters. The molecule has 0 amide bonds. The molecule has 0 spiro atoms. The molecule has 0 bridgehead atoms. The van der Waals surface area contributed by atoms with E-state index in [1.54, 1.807) is 18.6 Å². The van der Waals surface area contributed by atoms with E-state index in [0.717, 1.165) is 107 Å². The molecule has 6 aliphatic heterocycles. The number of rotatable bonds is 8. The summed E-state index contributed by atoms with van der Waals surface area (Å²) in [5.74, 6) is 1.12. The molecule has 0 saturated carbocycles. The first-order chi connectivity index (χ1) is 43.8. The van der Waals surface area contributed by atoms with Crippen molar-refractivity contribution in [2.45, 2.75) is 205 Å². The number of anilines is 1. The van der Waals surface area contributed by atoms with Crippen molar-refractivity contribution in [1.29, 1.82) is 0 Å². The van der Waals surface area contributed by atoms with Gasteiger partial charge in [-0.3, -0.25) is 44.2 Å². The van der Waals surface area contributed by atoms with E-state index < -0.39 is 0 Å². The maximum atomic E-state index is 5.35. The van der Waals surface area contributed by atoms with Gasteiger partial charge in [0, 0.05) is 144 Å². The number of hydrogen-bond donors (Lipinski definition) is 1. The summed E-state index contributed by atoms with van der Waals surface area (Å²) < 4.78 is 12.5. The largest absolute Gasteiger partial charge is 0.379 e. The van der Waals surface area contributed by atoms with E-state index in [4.69, 9.17) is 9.47 Å². The van der Waals surface area contributed by atoms with E-state index in [1.165, 1.54) is 81.9 Å². The molecule has 2 saturated heterocycles. The van der Waals surface area contributed by atoms with Crippen LogP contribution in [0.3, 0.4) is 0 Å². The predicted octanol–water partition coefficient (Wildman–Crippen LogP) is 15.3. The summed E-state index contributed by atoms with van der Waals surface area (Å²) in [6.45, 7) is 51.4. The zero-order chi connectivity index (χ0) is 65.4. The smallest absolute Gasteiger partial charge is 0.0921 e. The van der Waals surface area contributed by atoms with Gasteiger partial charge >= 0.3 is 0 Å². The molecular formula is C77H112N12O2. The van der Waals surface area contributed by atoms with Crippen LogP contribution in [0, 0.1) is 0 Å². The van der Waals surface area contributed by atoms with Crippen LogP contribution in [0.25, 0.3) is 21.9 Å². The van der Waals surface area contributed by atoms with Crippen LogP contribution in [0.2, 0.25) is 0 Å². The highest BCUT2D eigenvalue weighted by atomic mass is 16.5. The minimum absolute atomic E-state index is 0.395. The fourth-order valence-electron chi connectivity index (χ4n) is 11.8. The quantitative estimate of drug-likeness (QED) is 0.156. The molecule has 4 aromatic carbocycles. The number of fused-ring (bicyclic) bond motifs is 6. The molecule has 6 aliphatic rings. The first-order valence-corrected chi connectivity index (χ1v) is 34.0. The topological polar surface area (TPSA) is 116 Å². The lowest BCUT2D eigenvalue weighted by atomic mass is 9.99. The zero-order valence-corrected chi connectivity index (χ0v) is 58.4. The monoisotopic (exact) mass is 1240 g/mol. The Morgan fingerprint density at radius 3 is 1.65 bits per heavy atom. The number of benzene rings is 4. The van der Waals surface area contributed by atoms with Crippen molar-refractivity contribution in [1.82, 2.24) is 54.6 Å². The van der Waals surface area contributed by atoms with Crippen molar-refractivity contribution in [3.8, 4) is 0 Å². The van der Waals surface area contributed by atoms with Gasteiger partial charge in [-0.1, -0.05) is 107 Å². The van der Waals surface area contributed by atoms with Gasteiger partial charge in [-0.2, -0.15) is 5.10 Å². The lowest BCUT2D eigenvalue weighted by Crippen LogP contribution is -2.46. The van der Waals surface area contributed by atoms with Gasteiger partial charge in [0.2, 0.25) is 0 Å². The van der Waals surface area contributed by atoms with E-state index in [9.17, 15) is 0 Å². The summed E-state index contributed by atoms with van der Waals surface area (Å²) in [5, 5.41) is 8.75. The van der Waals surface area contributed by atoms with Gasteiger partial charge < -0.3 is 19.7 Å². The second kappa shape index (κ2) is 36.7. The molecule has 91 heavy (non-hydrogen) atoms. The van der Waals surface area contributed by atoms with Crippen LogP contribution in [0.5, 0.6) is 0 Å². The minimum atomic E-state index is 0.395. The van der Waals surface area contributed by atoms with Gasteiger partial charge in [0.05, 0.1) is 61.1 Å². The fourth-order valence-corrected chi connectivity index (χ4v) is 11.8. The Morgan fingerprint density at radius 1 is 0.440 bits per heavy atom. The molecule has 1 N–H and O–H groups in total. The van der Waals surface area contributed by atoms with Crippen molar-refractivity contribution < 1.29 is 9.47 Å². The first-order valence-electron chi connectivity index (χ1n) is 34.0. The van der Waals surface area contributed by atoms with Gasteiger partial charge in [-0.25, -0.2) is 0 Å². The number of hydrogen-bond acceptors (Lipinski definition) is 13. The Morgan fingerprint density at radius 2 is 1.04 bits per heavy atom. The number of para-hydroxylation sites is 2. The van der Waals surface area contributed by atoms with Gasteiger partial charge in [-0.05, 0) is 170 Å². The Hall–Kier alpha value is -6.49. The lowest BCUT2D eigenvalue weighted by Gasteiger charge is -2.30. The Balaban J connectivity index is 0.000000148. The van der Waals surface area contributed by atoms with Crippen LogP contribution in [0.15, 0.2) is 140 Å². The number of piperazine rings is 1. The number of aromatic nitrogens is 6. The molecular weight excluding hydrogens is 1120 g/mol. The molecule has 0 aliphatic carbocycles. The summed E-state index contributed by atoms with van der Waals surface area (Å²) in [6, 6.07) is 40.1. The molecule has 0 unspecified atom stereocenters. The maximum absolute atomic E-state index is 5.35. The van der Waals surface area contributed by atoms with Crippen LogP contribution in [0.1, 0.15) is 179 Å². The van der Waals surface area contributed by atoms with Crippen molar-refractivity contribution >= 4 is 27.6 Å². The zero-order valence-electron chi connectivity index (χ0n) is 58.4. The van der Waals surface area contributed by atoms with Crippen LogP contribution in [-0.4, -0.2) is 139 Å². The van der Waals surface area contributed by atoms with Gasteiger partial charge in [-0.15, -0.1) is 0 Å². The van der Waals surface area contributed by atoms with Gasteiger partial charge in [0.15, 0.2) is 0 Å². The Kier molecular flexibility index (Phi) is 29.0. The number of pyridine rings is 2. The fraction of sp³-hybridized carbons (Fsp3) is 0.519. The normalized spacial score (nSPS) is 16.1. The molecule has 10 heterocycles. The molecule has 4 aromatic heterocycles. The summed E-state index contributed by atoms with van der Waals surface area (Å²) in [6.07, 6.45) is 12.1. The van der Waals surface area contributed by atoms with E-state index in [1.807, 2.05) is 47.5 Å². The predicted molar refractivity (Wildman–Crippen MR) is 380 cm³/mol. The van der Waals surface area contributed by atoms with Crippen LogP contribution < -0.4 is 10.2 Å². The maximum Gasteiger partial charge on any atom is 0.0921 e. The van der Waals surface area contributed by atoms with Crippen LogP contribution in [-0.2, 0) is 55.3 Å². The van der Waals surface area contributed by atoms with Gasteiger partial charge in [0.1, 0.15) is 0 Å². The third kappa shape index (κ3) is 21.8. The summed E-state index contributed by atoms with van der Waals surface area (Å²) >= 11 is 0. The summed E-state index contributed by atoms with van der Waals surface area (Å²) in [7, 11) is 0. The average Bonchev–Trinajstić information content (AvgIpc) is 2.15. The summed E-state index contributed by atoms with van der Waals surface area (Å²) in [4.78, 5) is 29.3. The highest BCUT2D eigenvalue weighted by Gasteiger charge is 2.23. The Labute approximate surface area is 548 Å². The van der Waals surface area contributed by atoms with E-state index in [-0.39, 0.29) is 0 Å². The molecule has 492 valence electrons. The van der Waals surface area contributed by atoms with Crippen molar-refractivity contribution in [3.63, 3.8) is 0 Å². The summed E-state index contributed by atoms with van der Waals surface area (Å²) in [5.41, 5.74) is 17.1. The molecule has 0 radical (unpaired) electrons. The number of nitrogens with zero attached hydrogens (tertiary/aromatic N) is 11. The van der Waals surface area contributed by atoms with E-state index in [0.29, 0.717) is 42.0 Å². The first kappa shape index (κ1) is 71.9. The third-order valence-electron chi connectivity index (χ3n) is 17.7. The van der Waals surface area contributed by atoms with Crippen molar-refractivity contribution in [3.05, 3.63) is 191 Å². The third-order valence-corrected chi connectivity index (χ3v) is 17.7. The number of morpholine rings is 1. The van der Waals surface area contributed by atoms with E-state index >= 15 is 0 Å². The second-order valence-corrected chi connectivity index (χ2v) is 26.9. The number of nitrogens with one attached hydrogen (secondary N) is 1. The molecule has 2 fully saturated rings. The highest BCUT2D eigenvalue weighted by Crippen LogP contribution is 2.30. The van der Waals surface area contributed by atoms with E-state index in [2.05, 4.69) is 244 Å². The Bertz CT molecular complexity index is 3240. The SMILES string of the molecule is CC(C)N1CCNCC1.CC(C)N1CCOCC1.CC(C)N1CCc2ccccc21.CC(C)N1Cc2ccccc2C1.CC(C)N1Cc2cccnc2C1.CC(C)c1ccc2c(c1)COC2.CC(C)c1cccc2nccnc12.CC(C)n1ncc2ccncc21. The standard InChI is InChI=1S/C11H12N2.2C11H15N.C11H14O.C10H14N2.C9H11N3.C7H16N2.C7H15NO/c1-8(2)9-4-3-5-10-11(9)13-7-6-12-10;1-9(2)12-7-10-5-3-4-6-11(10)8-12;1-9(2)12-8-7-10-5-3-4-6-11(10)12;1-8(2)9-3-4-10-6-12-7-11(10)5-9;1-8(2)12-6-9-4-3-5-11-10(9)7-12;1-7(2)12-9-6-10-4-3-8(9)5-11-12;1-7(2)9-5-3-8-4-6-9;1-7(2)8-3-5-9-6-4-8/h3-8H,1-2H3;2*3-6,9H,7-8H2,1-2H3;2*3-5,8H,6-7H2,1-2H3;3-7H,1-2H3;7-8H,3-6H2,1-2H3;7H,3-6H2,1-2H3. The molecule has 14 nitrogen and oxygen atoms in total. The molecule has 8 aromatic rings.